The minimum atomic E-state index is -0.391. The van der Waals surface area contributed by atoms with E-state index in [9.17, 15) is 9.59 Å². The Labute approximate surface area is 230 Å². The summed E-state index contributed by atoms with van der Waals surface area (Å²) in [6.45, 7) is 14.4. The number of allylic oxidation sites excluding steroid dienone is 1. The van der Waals surface area contributed by atoms with Crippen molar-refractivity contribution in [3.8, 4) is 0 Å². The van der Waals surface area contributed by atoms with Gasteiger partial charge in [0.15, 0.2) is 0 Å². The van der Waals surface area contributed by atoms with Gasteiger partial charge in [-0.2, -0.15) is 0 Å². The SMILES string of the molecule is CCCC(=O)OC1CC[C@@]2(C)C(=CCC3C4CC5O[C@]6(CCC(C)CN6C(C)=O)C(C)C5[C@@]4(C)CCC32)C1. The Morgan fingerprint density at radius 1 is 1.11 bits per heavy atom. The lowest BCUT2D eigenvalue weighted by Gasteiger charge is -2.59. The summed E-state index contributed by atoms with van der Waals surface area (Å²) in [6.07, 6.45) is 14.4. The third kappa shape index (κ3) is 3.79. The zero-order valence-corrected chi connectivity index (χ0v) is 24.8. The van der Waals surface area contributed by atoms with E-state index in [4.69, 9.17) is 9.47 Å². The zero-order chi connectivity index (χ0) is 27.0. The van der Waals surface area contributed by atoms with Crippen molar-refractivity contribution >= 4 is 11.9 Å². The average Bonchev–Trinajstić information content (AvgIpc) is 3.31. The Hall–Kier alpha value is -1.36. The normalized spacial score (nSPS) is 49.5. The average molecular weight is 526 g/mol. The van der Waals surface area contributed by atoms with Crippen LogP contribution in [0.3, 0.4) is 0 Å². The fourth-order valence-corrected chi connectivity index (χ4v) is 11.0. The van der Waals surface area contributed by atoms with Crippen molar-refractivity contribution in [3.63, 3.8) is 0 Å². The number of rotatable bonds is 3. The first-order valence-electron chi connectivity index (χ1n) is 15.9. The van der Waals surface area contributed by atoms with Gasteiger partial charge in [-0.1, -0.05) is 46.3 Å². The predicted molar refractivity (Wildman–Crippen MR) is 148 cm³/mol. The molecule has 5 heteroatoms. The molecule has 2 aliphatic heterocycles. The molecule has 0 radical (unpaired) electrons. The number of amides is 1. The molecule has 0 aromatic rings. The van der Waals surface area contributed by atoms with Gasteiger partial charge in [-0.25, -0.2) is 0 Å². The summed E-state index contributed by atoms with van der Waals surface area (Å²) in [5.41, 5.74) is 1.71. The van der Waals surface area contributed by atoms with Crippen molar-refractivity contribution in [2.45, 2.75) is 130 Å². The van der Waals surface area contributed by atoms with Crippen LogP contribution in [0.25, 0.3) is 0 Å². The summed E-state index contributed by atoms with van der Waals surface area (Å²) < 4.78 is 13.0. The number of ether oxygens (including phenoxy) is 2. The molecule has 5 fully saturated rings. The van der Waals surface area contributed by atoms with Crippen LogP contribution in [0, 0.1) is 46.3 Å². The van der Waals surface area contributed by atoms with E-state index < -0.39 is 5.72 Å². The van der Waals surface area contributed by atoms with Crippen LogP contribution in [0.2, 0.25) is 0 Å². The lowest BCUT2D eigenvalue weighted by molar-refractivity contribution is -0.200. The number of fused-ring (bicyclic) bond motifs is 7. The molecule has 6 aliphatic rings. The second kappa shape index (κ2) is 9.35. The molecule has 0 bridgehead atoms. The Kier molecular flexibility index (Phi) is 6.60. The lowest BCUT2D eigenvalue weighted by Crippen LogP contribution is -2.60. The maximum Gasteiger partial charge on any atom is 0.306 e. The molecule has 0 N–H and O–H groups in total. The van der Waals surface area contributed by atoms with Crippen molar-refractivity contribution in [2.24, 2.45) is 46.3 Å². The summed E-state index contributed by atoms with van der Waals surface area (Å²) in [6, 6.07) is 0. The number of carbonyl (C=O) groups excluding carboxylic acids is 2. The van der Waals surface area contributed by atoms with E-state index in [2.05, 4.69) is 38.7 Å². The molecule has 5 nitrogen and oxygen atoms in total. The van der Waals surface area contributed by atoms with Crippen molar-refractivity contribution in [1.82, 2.24) is 4.90 Å². The summed E-state index contributed by atoms with van der Waals surface area (Å²) in [5, 5.41) is 0. The molecule has 0 aromatic heterocycles. The van der Waals surface area contributed by atoms with E-state index in [-0.39, 0.29) is 34.9 Å². The summed E-state index contributed by atoms with van der Waals surface area (Å²) in [7, 11) is 0. The molecule has 1 amide bonds. The van der Waals surface area contributed by atoms with Gasteiger partial charge in [-0.15, -0.1) is 0 Å². The number of piperidine rings is 1. The smallest absolute Gasteiger partial charge is 0.306 e. The van der Waals surface area contributed by atoms with E-state index in [1.54, 1.807) is 12.5 Å². The van der Waals surface area contributed by atoms with Gasteiger partial charge in [0.2, 0.25) is 5.91 Å². The van der Waals surface area contributed by atoms with Crippen LogP contribution in [0.4, 0.5) is 0 Å². The van der Waals surface area contributed by atoms with Crippen molar-refractivity contribution in [1.29, 1.82) is 0 Å². The first kappa shape index (κ1) is 26.8. The molecule has 0 aromatic carbocycles. The van der Waals surface area contributed by atoms with Crippen molar-refractivity contribution in [2.75, 3.05) is 6.54 Å². The van der Waals surface area contributed by atoms with E-state index >= 15 is 0 Å². The van der Waals surface area contributed by atoms with E-state index in [1.807, 2.05) is 6.92 Å². The fraction of sp³-hybridized carbons (Fsp3) is 0.879. The number of hydrogen-bond donors (Lipinski definition) is 0. The van der Waals surface area contributed by atoms with Crippen LogP contribution in [0.5, 0.6) is 0 Å². The van der Waals surface area contributed by atoms with Crippen LogP contribution in [-0.4, -0.2) is 41.3 Å². The number of carbonyl (C=O) groups is 2. The number of likely N-dealkylation sites (tertiary alicyclic amines) is 1. The molecule has 212 valence electrons. The predicted octanol–water partition coefficient (Wildman–Crippen LogP) is 6.90. The first-order chi connectivity index (χ1) is 18.0. The summed E-state index contributed by atoms with van der Waals surface area (Å²) in [5.74, 6) is 3.76. The van der Waals surface area contributed by atoms with Gasteiger partial charge in [0, 0.05) is 32.2 Å². The highest BCUT2D eigenvalue weighted by molar-refractivity contribution is 5.74. The number of esters is 1. The molecule has 4 aliphatic carbocycles. The highest BCUT2D eigenvalue weighted by Gasteiger charge is 2.69. The van der Waals surface area contributed by atoms with Crippen LogP contribution in [0.1, 0.15) is 112 Å². The maximum absolute atomic E-state index is 12.8. The van der Waals surface area contributed by atoms with Gasteiger partial charge >= 0.3 is 5.97 Å². The number of nitrogens with zero attached hydrogens (tertiary/aromatic N) is 1. The zero-order valence-electron chi connectivity index (χ0n) is 24.8. The van der Waals surface area contributed by atoms with Gasteiger partial charge in [-0.3, -0.25) is 9.59 Å². The third-order valence-corrected chi connectivity index (χ3v) is 12.8. The Morgan fingerprint density at radius 3 is 2.63 bits per heavy atom. The molecule has 2 heterocycles. The van der Waals surface area contributed by atoms with Gasteiger partial charge in [0.1, 0.15) is 11.8 Å². The molecule has 11 atom stereocenters. The highest BCUT2D eigenvalue weighted by Crippen LogP contribution is 2.70. The topological polar surface area (TPSA) is 55.8 Å². The van der Waals surface area contributed by atoms with Gasteiger partial charge in [0.25, 0.3) is 0 Å². The quantitative estimate of drug-likeness (QED) is 0.297. The summed E-state index contributed by atoms with van der Waals surface area (Å²) in [4.78, 5) is 27.1. The number of hydrogen-bond acceptors (Lipinski definition) is 4. The maximum atomic E-state index is 12.8. The first-order valence-corrected chi connectivity index (χ1v) is 15.9. The molecule has 8 unspecified atom stereocenters. The van der Waals surface area contributed by atoms with Crippen molar-refractivity contribution in [3.05, 3.63) is 11.6 Å². The fourth-order valence-electron chi connectivity index (χ4n) is 11.0. The third-order valence-electron chi connectivity index (χ3n) is 12.8. The van der Waals surface area contributed by atoms with Crippen LogP contribution >= 0.6 is 0 Å². The van der Waals surface area contributed by atoms with Crippen LogP contribution in [0.15, 0.2) is 11.6 Å². The second-order valence-corrected chi connectivity index (χ2v) is 14.7. The minimum Gasteiger partial charge on any atom is -0.462 e. The monoisotopic (exact) mass is 525 g/mol. The van der Waals surface area contributed by atoms with Crippen LogP contribution < -0.4 is 0 Å². The summed E-state index contributed by atoms with van der Waals surface area (Å²) >= 11 is 0. The molecular weight excluding hydrogens is 474 g/mol. The highest BCUT2D eigenvalue weighted by atomic mass is 16.5. The molecular formula is C33H51NO4. The van der Waals surface area contributed by atoms with E-state index in [0.717, 1.165) is 57.4 Å². The standard InChI is InChI=1S/C33H51NO4/c1-7-8-29(36)37-24-12-14-31(5)23(17-24)9-10-25-26(31)13-15-32(6)27(25)18-28-30(32)21(3)33(38-28)16-11-20(2)19-34(33)22(4)35/h9,20-21,24-28,30H,7-8,10-19H2,1-6H3/t20?,21?,24?,25?,26?,27?,28?,30?,31-,32-,33+/m0/s1. The molecule has 38 heavy (non-hydrogen) atoms. The van der Waals surface area contributed by atoms with E-state index in [0.29, 0.717) is 36.0 Å². The van der Waals surface area contributed by atoms with Gasteiger partial charge in [-0.05, 0) is 98.2 Å². The Bertz CT molecular complexity index is 1010. The minimum absolute atomic E-state index is 0.0241. The largest absolute Gasteiger partial charge is 0.462 e. The van der Waals surface area contributed by atoms with Crippen LogP contribution in [-0.2, 0) is 19.1 Å². The van der Waals surface area contributed by atoms with Crippen molar-refractivity contribution < 1.29 is 19.1 Å². The lowest BCUT2D eigenvalue weighted by atomic mass is 9.46. The van der Waals surface area contributed by atoms with Gasteiger partial charge in [0.05, 0.1) is 6.10 Å². The molecule has 1 spiro atoms. The Morgan fingerprint density at radius 2 is 1.89 bits per heavy atom. The molecule has 2 saturated heterocycles. The van der Waals surface area contributed by atoms with E-state index in [1.165, 1.54) is 19.3 Å². The van der Waals surface area contributed by atoms with Gasteiger partial charge < -0.3 is 14.4 Å². The molecule has 6 rings (SSSR count). The Balaban J connectivity index is 1.22. The molecule has 3 saturated carbocycles. The second-order valence-electron chi connectivity index (χ2n) is 14.7.